The lowest BCUT2D eigenvalue weighted by atomic mass is 9.94. The van der Waals surface area contributed by atoms with Crippen molar-refractivity contribution in [3.8, 4) is 17.0 Å². The summed E-state index contributed by atoms with van der Waals surface area (Å²) in [7, 11) is 0. The van der Waals surface area contributed by atoms with E-state index >= 15 is 0 Å². The Morgan fingerprint density at radius 3 is 2.38 bits per heavy atom. The van der Waals surface area contributed by atoms with Crippen LogP contribution in [0.4, 0.5) is 5.69 Å². The van der Waals surface area contributed by atoms with E-state index in [9.17, 15) is 19.5 Å². The first-order valence-electron chi connectivity index (χ1n) is 14.7. The van der Waals surface area contributed by atoms with E-state index in [0.29, 0.717) is 30.5 Å². The monoisotopic (exact) mass is 576 g/mol. The molecule has 0 spiro atoms. The van der Waals surface area contributed by atoms with Crippen LogP contribution in [-0.2, 0) is 16.1 Å². The Hall–Kier alpha value is -4.18. The number of anilines is 1. The minimum Gasteiger partial charge on any atom is -0.507 e. The minimum absolute atomic E-state index is 0.0307. The maximum absolute atomic E-state index is 13.2. The molecule has 0 bridgehead atoms. The fourth-order valence-corrected chi connectivity index (χ4v) is 4.87. The lowest BCUT2D eigenvalue weighted by Gasteiger charge is -2.32. The Morgan fingerprint density at radius 1 is 1.07 bits per heavy atom. The van der Waals surface area contributed by atoms with E-state index in [1.54, 1.807) is 24.3 Å². The molecule has 2 aromatic carbocycles. The number of nitrogens with zero attached hydrogens (tertiary/aromatic N) is 2. The average molecular weight is 577 g/mol. The number of hydrogen-bond donors (Lipinski definition) is 5. The zero-order valence-corrected chi connectivity index (χ0v) is 25.0. The number of phenolic OH excluding ortho intramolecular Hbond substituents is 1. The van der Waals surface area contributed by atoms with Crippen LogP contribution in [0.15, 0.2) is 54.6 Å². The van der Waals surface area contributed by atoms with Gasteiger partial charge in [-0.1, -0.05) is 52.0 Å². The highest BCUT2D eigenvalue weighted by Crippen LogP contribution is 2.27. The van der Waals surface area contributed by atoms with E-state index < -0.39 is 11.9 Å². The van der Waals surface area contributed by atoms with E-state index in [0.717, 1.165) is 25.3 Å². The summed E-state index contributed by atoms with van der Waals surface area (Å²) in [6.45, 7) is 10.2. The largest absolute Gasteiger partial charge is 0.507 e. The highest BCUT2D eigenvalue weighted by Gasteiger charge is 2.29. The number of H-pyrrole nitrogens is 1. The van der Waals surface area contributed by atoms with Crippen molar-refractivity contribution in [1.82, 2.24) is 25.7 Å². The molecule has 10 nitrogen and oxygen atoms in total. The number of hydrogen-bond acceptors (Lipinski definition) is 7. The smallest absolute Gasteiger partial charge is 0.269 e. The molecule has 0 saturated carbocycles. The minimum atomic E-state index is -0.827. The molecule has 1 atom stereocenters. The van der Waals surface area contributed by atoms with Crippen LogP contribution in [0.2, 0.25) is 0 Å². The number of nitrogens with one attached hydrogen (secondary N) is 3. The molecule has 0 radical (unpaired) electrons. The van der Waals surface area contributed by atoms with Gasteiger partial charge < -0.3 is 21.5 Å². The van der Waals surface area contributed by atoms with Gasteiger partial charge in [-0.15, -0.1) is 0 Å². The number of Topliss-reactive ketones (excluding diaryl/α,β-unsaturated/α-hetero) is 1. The number of rotatable bonds is 11. The number of likely N-dealkylation sites (tertiary alicyclic amines) is 1. The molecule has 1 unspecified atom stereocenters. The number of nitrogens with two attached hydrogens (primary N) is 1. The fraction of sp³-hybridized carbons (Fsp3) is 0.438. The van der Waals surface area contributed by atoms with Crippen LogP contribution >= 0.6 is 0 Å². The molecule has 226 valence electrons. The van der Waals surface area contributed by atoms with Gasteiger partial charge in [-0.2, -0.15) is 5.10 Å². The van der Waals surface area contributed by atoms with Gasteiger partial charge in [-0.3, -0.25) is 24.4 Å². The van der Waals surface area contributed by atoms with Gasteiger partial charge >= 0.3 is 0 Å². The van der Waals surface area contributed by atoms with Crippen molar-refractivity contribution < 1.29 is 19.5 Å². The predicted octanol–water partition coefficient (Wildman–Crippen LogP) is 4.13. The second-order valence-corrected chi connectivity index (χ2v) is 10.8. The average Bonchev–Trinajstić information content (AvgIpc) is 3.48. The van der Waals surface area contributed by atoms with Crippen molar-refractivity contribution in [3.63, 3.8) is 0 Å². The van der Waals surface area contributed by atoms with E-state index in [4.69, 9.17) is 5.73 Å². The van der Waals surface area contributed by atoms with E-state index in [2.05, 4.69) is 25.7 Å². The summed E-state index contributed by atoms with van der Waals surface area (Å²) in [5, 5.41) is 22.5. The number of para-hydroxylation sites is 1. The molecule has 4 rings (SSSR count). The Kier molecular flexibility index (Phi) is 12.1. The van der Waals surface area contributed by atoms with Crippen molar-refractivity contribution >= 4 is 23.3 Å². The molecule has 1 aliphatic rings. The van der Waals surface area contributed by atoms with Gasteiger partial charge in [0.2, 0.25) is 5.91 Å². The van der Waals surface area contributed by atoms with Crippen LogP contribution in [0.5, 0.6) is 5.75 Å². The van der Waals surface area contributed by atoms with Gasteiger partial charge in [-0.25, -0.2) is 0 Å². The van der Waals surface area contributed by atoms with Crippen LogP contribution in [0.1, 0.15) is 63.0 Å². The molecule has 0 aliphatic carbocycles. The lowest BCUT2D eigenvalue weighted by molar-refractivity contribution is -0.131. The number of aromatic amines is 1. The molecule has 2 heterocycles. The number of benzene rings is 2. The van der Waals surface area contributed by atoms with Crippen molar-refractivity contribution in [3.05, 3.63) is 65.9 Å². The van der Waals surface area contributed by atoms with Crippen LogP contribution in [-0.4, -0.2) is 63.5 Å². The fourth-order valence-electron chi connectivity index (χ4n) is 4.87. The number of carbonyl (C=O) groups excluding carboxylic acids is 3. The van der Waals surface area contributed by atoms with Gasteiger partial charge in [0.25, 0.3) is 5.91 Å². The first kappa shape index (κ1) is 32.3. The SMILES string of the molecule is CC.CC(C)CC(=O)C(CNC(=O)c1cc(-c2ccccc2O)n[nH]1)NC(=O)C1CCN(Cc2ccc(N)cc2)CC1. The van der Waals surface area contributed by atoms with Crippen molar-refractivity contribution in [2.45, 2.75) is 59.5 Å². The van der Waals surface area contributed by atoms with Crippen molar-refractivity contribution in [2.75, 3.05) is 25.4 Å². The highest BCUT2D eigenvalue weighted by atomic mass is 16.3. The Labute approximate surface area is 248 Å². The summed E-state index contributed by atoms with van der Waals surface area (Å²) in [4.78, 5) is 41.3. The third-order valence-corrected chi connectivity index (χ3v) is 7.13. The van der Waals surface area contributed by atoms with Crippen LogP contribution in [0, 0.1) is 11.8 Å². The van der Waals surface area contributed by atoms with Crippen LogP contribution in [0.3, 0.4) is 0 Å². The Bertz CT molecular complexity index is 1310. The first-order chi connectivity index (χ1) is 20.2. The predicted molar refractivity (Wildman–Crippen MR) is 165 cm³/mol. The summed E-state index contributed by atoms with van der Waals surface area (Å²) in [5.74, 6) is -0.758. The number of piperidine rings is 1. The van der Waals surface area contributed by atoms with Gasteiger partial charge in [0.1, 0.15) is 17.5 Å². The van der Waals surface area contributed by atoms with Crippen LogP contribution < -0.4 is 16.4 Å². The topological polar surface area (TPSA) is 153 Å². The molecule has 1 aromatic heterocycles. The molecule has 42 heavy (non-hydrogen) atoms. The van der Waals surface area contributed by atoms with Crippen LogP contribution in [0.25, 0.3) is 11.3 Å². The second kappa shape index (κ2) is 15.7. The molecule has 3 aromatic rings. The number of aromatic nitrogens is 2. The zero-order valence-electron chi connectivity index (χ0n) is 25.0. The molecule has 2 amide bonds. The third kappa shape index (κ3) is 9.17. The Morgan fingerprint density at radius 2 is 1.74 bits per heavy atom. The zero-order chi connectivity index (χ0) is 30.6. The number of nitrogen functional groups attached to an aromatic ring is 1. The third-order valence-electron chi connectivity index (χ3n) is 7.13. The molecule has 1 fully saturated rings. The van der Waals surface area contributed by atoms with E-state index in [1.807, 2.05) is 52.0 Å². The summed E-state index contributed by atoms with van der Waals surface area (Å²) in [6, 6.07) is 15.2. The van der Waals surface area contributed by atoms with E-state index in [-0.39, 0.29) is 41.5 Å². The summed E-state index contributed by atoms with van der Waals surface area (Å²) < 4.78 is 0. The van der Waals surface area contributed by atoms with Gasteiger partial charge in [-0.05, 0) is 67.7 Å². The number of phenols is 1. The number of carbonyl (C=O) groups is 3. The molecular formula is C32H44N6O4. The molecule has 1 saturated heterocycles. The lowest BCUT2D eigenvalue weighted by Crippen LogP contribution is -2.51. The number of ketones is 1. The first-order valence-corrected chi connectivity index (χ1v) is 14.7. The van der Waals surface area contributed by atoms with E-state index in [1.165, 1.54) is 11.6 Å². The quantitative estimate of drug-likeness (QED) is 0.215. The van der Waals surface area contributed by atoms with Gasteiger partial charge in [0.05, 0.1) is 5.69 Å². The molecule has 1 aliphatic heterocycles. The highest BCUT2D eigenvalue weighted by molar-refractivity contribution is 5.95. The maximum Gasteiger partial charge on any atom is 0.269 e. The summed E-state index contributed by atoms with van der Waals surface area (Å²) in [6.07, 6.45) is 1.69. The molecular weight excluding hydrogens is 532 g/mol. The Balaban J connectivity index is 0.00000237. The second-order valence-electron chi connectivity index (χ2n) is 10.8. The maximum atomic E-state index is 13.2. The normalized spacial score (nSPS) is 14.5. The summed E-state index contributed by atoms with van der Waals surface area (Å²) >= 11 is 0. The van der Waals surface area contributed by atoms with Gasteiger partial charge in [0, 0.05) is 36.7 Å². The molecule has 10 heteroatoms. The summed E-state index contributed by atoms with van der Waals surface area (Å²) in [5.41, 5.74) is 8.80. The standard InChI is InChI=1S/C30H38N6O4.C2H6/c1-19(2)15-28(38)26(17-32-30(40)25-16-24(34-35-25)23-5-3-4-6-27(23)37)33-29(39)21-11-13-36(14-12-21)18-20-7-9-22(31)10-8-20;1-2/h3-10,16,19,21,26,37H,11-15,17-18,31H2,1-2H3,(H,32,40)(H,33,39)(H,34,35);1-2H3. The molecule has 6 N–H and O–H groups in total. The van der Waals surface area contributed by atoms with Gasteiger partial charge in [0.15, 0.2) is 5.78 Å². The number of amides is 2. The van der Waals surface area contributed by atoms with Crippen molar-refractivity contribution in [1.29, 1.82) is 0 Å². The number of aromatic hydroxyl groups is 1. The van der Waals surface area contributed by atoms with Crippen molar-refractivity contribution in [2.24, 2.45) is 11.8 Å².